The fraction of sp³-hybridized carbons (Fsp3) is 0.375. The van der Waals surface area contributed by atoms with Crippen molar-refractivity contribution in [1.29, 1.82) is 0 Å². The van der Waals surface area contributed by atoms with Gasteiger partial charge in [0.1, 0.15) is 6.54 Å². The van der Waals surface area contributed by atoms with Crippen molar-refractivity contribution in [3.05, 3.63) is 56.8 Å². The van der Waals surface area contributed by atoms with Gasteiger partial charge in [0.15, 0.2) is 4.80 Å². The summed E-state index contributed by atoms with van der Waals surface area (Å²) in [6, 6.07) is 8.78. The minimum Gasteiger partial charge on any atom is -0.465 e. The molecule has 0 spiro atoms. The van der Waals surface area contributed by atoms with Gasteiger partial charge in [0, 0.05) is 30.8 Å². The number of likely N-dealkylation sites (N-methyl/N-ethyl adjacent to an activating group) is 1. The molecule has 0 saturated carbocycles. The Morgan fingerprint density at radius 3 is 2.62 bits per heavy atom. The maximum absolute atomic E-state index is 13.0. The molecule has 1 aliphatic heterocycles. The number of hydrogen-bond donors (Lipinski definition) is 0. The first-order chi connectivity index (χ1) is 17.6. The molecule has 2 aromatic carbocycles. The maximum atomic E-state index is 13.0. The molecular formula is C24H25Cl2N3O6S2. The Morgan fingerprint density at radius 2 is 1.97 bits per heavy atom. The van der Waals surface area contributed by atoms with Crippen LogP contribution in [0.2, 0.25) is 10.0 Å². The third-order valence-corrected chi connectivity index (χ3v) is 9.15. The topological polar surface area (TPSA) is 107 Å². The summed E-state index contributed by atoms with van der Waals surface area (Å²) in [5.41, 5.74) is 0.691. The number of hydrogen-bond acceptors (Lipinski definition) is 7. The van der Waals surface area contributed by atoms with Crippen LogP contribution >= 0.6 is 34.5 Å². The van der Waals surface area contributed by atoms with Crippen molar-refractivity contribution in [2.75, 3.05) is 26.8 Å². The number of ether oxygens (including phenoxy) is 2. The highest BCUT2D eigenvalue weighted by atomic mass is 35.5. The summed E-state index contributed by atoms with van der Waals surface area (Å²) in [5.74, 6) is -1.12. The zero-order chi connectivity index (χ0) is 26.7. The Kier molecular flexibility index (Phi) is 8.72. The monoisotopic (exact) mass is 585 g/mol. The van der Waals surface area contributed by atoms with E-state index in [0.29, 0.717) is 26.9 Å². The predicted molar refractivity (Wildman–Crippen MR) is 142 cm³/mol. The molecule has 1 fully saturated rings. The number of halogens is 2. The number of fused-ring (bicyclic) bond motifs is 1. The Labute approximate surface area is 228 Å². The van der Waals surface area contributed by atoms with Crippen molar-refractivity contribution in [1.82, 2.24) is 8.87 Å². The van der Waals surface area contributed by atoms with E-state index in [4.69, 9.17) is 32.7 Å². The first-order valence-electron chi connectivity index (χ1n) is 11.5. The molecule has 1 unspecified atom stereocenters. The summed E-state index contributed by atoms with van der Waals surface area (Å²) in [6.07, 6.45) is 1.61. The van der Waals surface area contributed by atoms with Crippen LogP contribution in [0.5, 0.6) is 0 Å². The van der Waals surface area contributed by atoms with E-state index in [-0.39, 0.29) is 41.1 Å². The normalized spacial score (nSPS) is 16.6. The number of benzene rings is 2. The van der Waals surface area contributed by atoms with Gasteiger partial charge in [-0.1, -0.05) is 34.5 Å². The lowest BCUT2D eigenvalue weighted by atomic mass is 10.2. The summed E-state index contributed by atoms with van der Waals surface area (Å²) in [4.78, 5) is 29.7. The Bertz CT molecular complexity index is 1490. The maximum Gasteiger partial charge on any atom is 0.326 e. The van der Waals surface area contributed by atoms with Crippen molar-refractivity contribution < 1.29 is 27.5 Å². The fourth-order valence-electron chi connectivity index (χ4n) is 3.97. The number of carbonyl (C=O) groups is 2. The predicted octanol–water partition coefficient (Wildman–Crippen LogP) is 4.11. The summed E-state index contributed by atoms with van der Waals surface area (Å²) in [6.45, 7) is 2.59. The van der Waals surface area contributed by atoms with Gasteiger partial charge >= 0.3 is 5.97 Å². The zero-order valence-electron chi connectivity index (χ0n) is 20.1. The Morgan fingerprint density at radius 1 is 1.24 bits per heavy atom. The van der Waals surface area contributed by atoms with Crippen LogP contribution in [0.15, 0.2) is 46.3 Å². The summed E-state index contributed by atoms with van der Waals surface area (Å²) in [5, 5.41) is 0.708. The lowest BCUT2D eigenvalue weighted by Crippen LogP contribution is -2.34. The number of aromatic nitrogens is 1. The summed E-state index contributed by atoms with van der Waals surface area (Å²) in [7, 11) is -2.24. The quantitative estimate of drug-likeness (QED) is 0.368. The number of esters is 1. The molecule has 1 amide bonds. The molecule has 9 nitrogen and oxygen atoms in total. The number of carbonyl (C=O) groups excluding carboxylic acids is 2. The van der Waals surface area contributed by atoms with Crippen molar-refractivity contribution in [3.8, 4) is 0 Å². The highest BCUT2D eigenvalue weighted by Crippen LogP contribution is 2.30. The third-order valence-electron chi connectivity index (χ3n) is 5.78. The summed E-state index contributed by atoms with van der Waals surface area (Å²) < 4.78 is 39.9. The molecule has 1 aromatic heterocycles. The second-order valence-electron chi connectivity index (χ2n) is 8.37. The molecule has 4 rings (SSSR count). The standard InChI is InChI=1S/C24H25Cl2N3O6S2/c1-3-34-21(30)14-29-22-19(26)11-16(25)12-20(22)36-24(29)27-23(31)15-6-8-18(9-7-15)37(32,33)28(2)13-17-5-4-10-35-17/h6-9,11-12,17H,3-5,10,13-14H2,1-2H3. The highest BCUT2D eigenvalue weighted by Gasteiger charge is 2.26. The molecule has 3 aromatic rings. The zero-order valence-corrected chi connectivity index (χ0v) is 23.3. The molecule has 0 aliphatic carbocycles. The van der Waals surface area contributed by atoms with Gasteiger partial charge < -0.3 is 14.0 Å². The molecule has 0 N–H and O–H groups in total. The van der Waals surface area contributed by atoms with Crippen LogP contribution in [0.4, 0.5) is 0 Å². The SMILES string of the molecule is CCOC(=O)Cn1c(=NC(=O)c2ccc(S(=O)(=O)N(C)CC3CCCO3)cc2)sc2cc(Cl)cc(Cl)c21. The number of thiazole rings is 1. The second kappa shape index (κ2) is 11.6. The first-order valence-corrected chi connectivity index (χ1v) is 14.5. The average molecular weight is 587 g/mol. The molecule has 2 heterocycles. The number of amides is 1. The van der Waals surface area contributed by atoms with E-state index < -0.39 is 21.9 Å². The minimum absolute atomic E-state index is 0.0604. The van der Waals surface area contributed by atoms with Crippen LogP contribution in [-0.4, -0.2) is 62.1 Å². The van der Waals surface area contributed by atoms with Crippen LogP contribution in [0, 0.1) is 0 Å². The van der Waals surface area contributed by atoms with E-state index in [2.05, 4.69) is 4.99 Å². The van der Waals surface area contributed by atoms with E-state index >= 15 is 0 Å². The Hall–Kier alpha value is -2.28. The second-order valence-corrected chi connectivity index (χ2v) is 12.3. The lowest BCUT2D eigenvalue weighted by Gasteiger charge is -2.20. The van der Waals surface area contributed by atoms with E-state index in [1.165, 1.54) is 40.2 Å². The Balaban J connectivity index is 1.64. The van der Waals surface area contributed by atoms with Gasteiger partial charge in [0.25, 0.3) is 5.91 Å². The van der Waals surface area contributed by atoms with Crippen molar-refractivity contribution >= 4 is 66.7 Å². The largest absolute Gasteiger partial charge is 0.465 e. The van der Waals surface area contributed by atoms with Crippen LogP contribution in [0.25, 0.3) is 10.2 Å². The van der Waals surface area contributed by atoms with Gasteiger partial charge in [-0.05, 0) is 56.2 Å². The summed E-state index contributed by atoms with van der Waals surface area (Å²) >= 11 is 13.7. The molecule has 1 saturated heterocycles. The van der Waals surface area contributed by atoms with E-state index in [9.17, 15) is 18.0 Å². The highest BCUT2D eigenvalue weighted by molar-refractivity contribution is 7.89. The lowest BCUT2D eigenvalue weighted by molar-refractivity contribution is -0.143. The first kappa shape index (κ1) is 27.7. The molecule has 1 atom stereocenters. The molecule has 1 aliphatic rings. The van der Waals surface area contributed by atoms with Crippen molar-refractivity contribution in [2.45, 2.75) is 37.3 Å². The number of nitrogens with zero attached hydrogens (tertiary/aromatic N) is 3. The van der Waals surface area contributed by atoms with Gasteiger partial charge in [0.05, 0.1) is 32.8 Å². The van der Waals surface area contributed by atoms with Gasteiger partial charge in [-0.25, -0.2) is 8.42 Å². The van der Waals surface area contributed by atoms with E-state index in [0.717, 1.165) is 24.2 Å². The molecule has 37 heavy (non-hydrogen) atoms. The molecule has 198 valence electrons. The van der Waals surface area contributed by atoms with Crippen LogP contribution in [0.1, 0.15) is 30.1 Å². The van der Waals surface area contributed by atoms with E-state index in [1.807, 2.05) is 0 Å². The third kappa shape index (κ3) is 6.24. The molecular weight excluding hydrogens is 561 g/mol. The average Bonchev–Trinajstić information content (AvgIpc) is 3.47. The smallest absolute Gasteiger partial charge is 0.326 e. The van der Waals surface area contributed by atoms with Gasteiger partial charge in [-0.2, -0.15) is 9.30 Å². The van der Waals surface area contributed by atoms with Crippen molar-refractivity contribution in [3.63, 3.8) is 0 Å². The number of rotatable bonds is 8. The van der Waals surface area contributed by atoms with E-state index in [1.54, 1.807) is 19.1 Å². The molecule has 13 heteroatoms. The van der Waals surface area contributed by atoms with Crippen LogP contribution < -0.4 is 4.80 Å². The van der Waals surface area contributed by atoms with Crippen LogP contribution in [-0.2, 0) is 30.8 Å². The fourth-order valence-corrected chi connectivity index (χ4v) is 6.98. The van der Waals surface area contributed by atoms with Crippen LogP contribution in [0.3, 0.4) is 0 Å². The van der Waals surface area contributed by atoms with Gasteiger partial charge in [-0.15, -0.1) is 0 Å². The van der Waals surface area contributed by atoms with Crippen molar-refractivity contribution in [2.24, 2.45) is 4.99 Å². The molecule has 0 radical (unpaired) electrons. The number of sulfonamides is 1. The van der Waals surface area contributed by atoms with Gasteiger partial charge in [-0.3, -0.25) is 9.59 Å². The minimum atomic E-state index is -3.75. The molecule has 0 bridgehead atoms. The van der Waals surface area contributed by atoms with Gasteiger partial charge in [0.2, 0.25) is 10.0 Å².